The molecule has 0 spiro atoms. The third kappa shape index (κ3) is 2.58. The first-order valence-corrected chi connectivity index (χ1v) is 5.81. The van der Waals surface area contributed by atoms with Gasteiger partial charge in [-0.15, -0.1) is 0 Å². The fourth-order valence-electron chi connectivity index (χ4n) is 2.39. The van der Waals surface area contributed by atoms with Crippen molar-refractivity contribution < 1.29 is 5.11 Å². The molecule has 1 aromatic rings. The summed E-state index contributed by atoms with van der Waals surface area (Å²) in [7, 11) is 0. The van der Waals surface area contributed by atoms with E-state index in [9.17, 15) is 5.11 Å². The summed E-state index contributed by atoms with van der Waals surface area (Å²) in [4.78, 5) is 0. The molecule has 2 unspecified atom stereocenters. The predicted octanol–water partition coefficient (Wildman–Crippen LogP) is 1.90. The SMILES string of the molecule is OCC(c1ccccc1)C1CCCCN1. The Morgan fingerprint density at radius 1 is 1.27 bits per heavy atom. The maximum atomic E-state index is 9.49. The summed E-state index contributed by atoms with van der Waals surface area (Å²) in [6.45, 7) is 1.33. The lowest BCUT2D eigenvalue weighted by molar-refractivity contribution is 0.219. The second-order valence-electron chi connectivity index (χ2n) is 4.26. The van der Waals surface area contributed by atoms with Gasteiger partial charge in [0.1, 0.15) is 0 Å². The highest BCUT2D eigenvalue weighted by molar-refractivity contribution is 5.21. The van der Waals surface area contributed by atoms with E-state index >= 15 is 0 Å². The van der Waals surface area contributed by atoms with Crippen molar-refractivity contribution in [1.29, 1.82) is 0 Å². The van der Waals surface area contributed by atoms with Gasteiger partial charge in [0.2, 0.25) is 0 Å². The number of piperidine rings is 1. The molecule has 0 amide bonds. The number of aliphatic hydroxyl groups is 1. The third-order valence-electron chi connectivity index (χ3n) is 3.26. The summed E-state index contributed by atoms with van der Waals surface area (Å²) < 4.78 is 0. The normalized spacial score (nSPS) is 23.7. The first-order valence-electron chi connectivity index (χ1n) is 5.81. The maximum absolute atomic E-state index is 9.49. The second kappa shape index (κ2) is 5.29. The average Bonchev–Trinajstić information content (AvgIpc) is 2.33. The molecule has 15 heavy (non-hydrogen) atoms. The van der Waals surface area contributed by atoms with Crippen LogP contribution in [0.15, 0.2) is 30.3 Å². The van der Waals surface area contributed by atoms with Crippen molar-refractivity contribution in [1.82, 2.24) is 5.32 Å². The molecule has 0 aliphatic carbocycles. The van der Waals surface area contributed by atoms with Gasteiger partial charge in [0.25, 0.3) is 0 Å². The number of benzene rings is 1. The Balaban J connectivity index is 2.09. The van der Waals surface area contributed by atoms with Gasteiger partial charge < -0.3 is 10.4 Å². The Labute approximate surface area is 91.3 Å². The van der Waals surface area contributed by atoms with Crippen molar-refractivity contribution in [3.8, 4) is 0 Å². The van der Waals surface area contributed by atoms with Gasteiger partial charge in [-0.25, -0.2) is 0 Å². The van der Waals surface area contributed by atoms with Gasteiger partial charge in [-0.3, -0.25) is 0 Å². The Hall–Kier alpha value is -0.860. The van der Waals surface area contributed by atoms with Crippen molar-refractivity contribution >= 4 is 0 Å². The molecule has 1 saturated heterocycles. The van der Waals surface area contributed by atoms with Crippen molar-refractivity contribution in [3.05, 3.63) is 35.9 Å². The lowest BCUT2D eigenvalue weighted by Crippen LogP contribution is -2.40. The van der Waals surface area contributed by atoms with Crippen molar-refractivity contribution in [2.45, 2.75) is 31.2 Å². The minimum atomic E-state index is 0.238. The lowest BCUT2D eigenvalue weighted by Gasteiger charge is -2.30. The molecule has 0 bridgehead atoms. The fraction of sp³-hybridized carbons (Fsp3) is 0.538. The standard InChI is InChI=1S/C13H19NO/c15-10-12(11-6-2-1-3-7-11)13-8-4-5-9-14-13/h1-3,6-7,12-15H,4-5,8-10H2. The minimum absolute atomic E-state index is 0.238. The number of nitrogens with one attached hydrogen (secondary N) is 1. The van der Waals surface area contributed by atoms with Crippen LogP contribution in [-0.2, 0) is 0 Å². The van der Waals surface area contributed by atoms with Crippen LogP contribution in [0, 0.1) is 0 Å². The summed E-state index contributed by atoms with van der Waals surface area (Å²) in [6, 6.07) is 10.8. The number of hydrogen-bond acceptors (Lipinski definition) is 2. The number of aliphatic hydroxyl groups excluding tert-OH is 1. The summed E-state index contributed by atoms with van der Waals surface area (Å²) in [5, 5.41) is 13.0. The molecule has 0 radical (unpaired) electrons. The highest BCUT2D eigenvalue weighted by atomic mass is 16.3. The van der Waals surface area contributed by atoms with Gasteiger partial charge in [0.15, 0.2) is 0 Å². The van der Waals surface area contributed by atoms with Crippen LogP contribution in [0.5, 0.6) is 0 Å². The molecule has 2 atom stereocenters. The first kappa shape index (κ1) is 10.7. The van der Waals surface area contributed by atoms with E-state index in [1.165, 1.54) is 24.8 Å². The molecule has 1 fully saturated rings. The van der Waals surface area contributed by atoms with Gasteiger partial charge in [-0.1, -0.05) is 36.8 Å². The Kier molecular flexibility index (Phi) is 3.75. The fourth-order valence-corrected chi connectivity index (χ4v) is 2.39. The van der Waals surface area contributed by atoms with Gasteiger partial charge in [-0.05, 0) is 24.9 Å². The number of rotatable bonds is 3. The van der Waals surface area contributed by atoms with Crippen LogP contribution < -0.4 is 5.32 Å². The van der Waals surface area contributed by atoms with Crippen molar-refractivity contribution in [2.75, 3.05) is 13.2 Å². The van der Waals surface area contributed by atoms with E-state index in [0.29, 0.717) is 6.04 Å². The summed E-state index contributed by atoms with van der Waals surface area (Å²) >= 11 is 0. The monoisotopic (exact) mass is 205 g/mol. The lowest BCUT2D eigenvalue weighted by atomic mass is 9.87. The summed E-state index contributed by atoms with van der Waals surface area (Å²) in [5.74, 6) is 0.256. The van der Waals surface area contributed by atoms with Crippen LogP contribution in [0.1, 0.15) is 30.7 Å². The second-order valence-corrected chi connectivity index (χ2v) is 4.26. The van der Waals surface area contributed by atoms with Crippen LogP contribution >= 0.6 is 0 Å². The van der Waals surface area contributed by atoms with E-state index in [0.717, 1.165) is 6.54 Å². The van der Waals surface area contributed by atoms with Crippen LogP contribution in [-0.4, -0.2) is 24.3 Å². The smallest absolute Gasteiger partial charge is 0.0514 e. The van der Waals surface area contributed by atoms with Gasteiger partial charge >= 0.3 is 0 Å². The summed E-state index contributed by atoms with van der Waals surface area (Å²) in [6.07, 6.45) is 3.73. The predicted molar refractivity (Wildman–Crippen MR) is 61.9 cm³/mol. The van der Waals surface area contributed by atoms with Crippen LogP contribution in [0.4, 0.5) is 0 Å². The van der Waals surface area contributed by atoms with Crippen LogP contribution in [0.25, 0.3) is 0 Å². The quantitative estimate of drug-likeness (QED) is 0.790. The molecule has 1 aliphatic heterocycles. The van der Waals surface area contributed by atoms with Gasteiger partial charge in [0, 0.05) is 12.0 Å². The van der Waals surface area contributed by atoms with E-state index in [-0.39, 0.29) is 12.5 Å². The molecule has 2 N–H and O–H groups in total. The van der Waals surface area contributed by atoms with E-state index in [1.54, 1.807) is 0 Å². The van der Waals surface area contributed by atoms with Gasteiger partial charge in [0.05, 0.1) is 6.61 Å². The third-order valence-corrected chi connectivity index (χ3v) is 3.26. The highest BCUT2D eigenvalue weighted by Crippen LogP contribution is 2.24. The first-order chi connectivity index (χ1) is 7.42. The van der Waals surface area contributed by atoms with Crippen molar-refractivity contribution in [2.24, 2.45) is 0 Å². The molecule has 2 heteroatoms. The highest BCUT2D eigenvalue weighted by Gasteiger charge is 2.23. The van der Waals surface area contributed by atoms with E-state index in [2.05, 4.69) is 17.4 Å². The molecular formula is C13H19NO. The van der Waals surface area contributed by atoms with E-state index in [4.69, 9.17) is 0 Å². The molecule has 2 rings (SSSR count). The molecular weight excluding hydrogens is 186 g/mol. The van der Waals surface area contributed by atoms with E-state index < -0.39 is 0 Å². The molecule has 1 heterocycles. The zero-order chi connectivity index (χ0) is 10.5. The zero-order valence-corrected chi connectivity index (χ0v) is 9.02. The summed E-state index contributed by atoms with van der Waals surface area (Å²) in [5.41, 5.74) is 1.25. The Morgan fingerprint density at radius 3 is 2.67 bits per heavy atom. The van der Waals surface area contributed by atoms with Gasteiger partial charge in [-0.2, -0.15) is 0 Å². The zero-order valence-electron chi connectivity index (χ0n) is 9.02. The Morgan fingerprint density at radius 2 is 2.07 bits per heavy atom. The number of hydrogen-bond donors (Lipinski definition) is 2. The molecule has 0 aromatic heterocycles. The average molecular weight is 205 g/mol. The molecule has 1 aromatic carbocycles. The minimum Gasteiger partial charge on any atom is -0.396 e. The molecule has 1 aliphatic rings. The molecule has 0 saturated carbocycles. The van der Waals surface area contributed by atoms with Crippen LogP contribution in [0.2, 0.25) is 0 Å². The van der Waals surface area contributed by atoms with E-state index in [1.807, 2.05) is 18.2 Å². The Bertz CT molecular complexity index is 280. The largest absolute Gasteiger partial charge is 0.396 e. The van der Waals surface area contributed by atoms with Crippen LogP contribution in [0.3, 0.4) is 0 Å². The molecule has 2 nitrogen and oxygen atoms in total. The maximum Gasteiger partial charge on any atom is 0.0514 e. The topological polar surface area (TPSA) is 32.3 Å². The molecule has 82 valence electrons. The van der Waals surface area contributed by atoms with Crippen molar-refractivity contribution in [3.63, 3.8) is 0 Å².